The van der Waals surface area contributed by atoms with Crippen molar-refractivity contribution < 1.29 is 4.79 Å². The fraction of sp³-hybridized carbons (Fsp3) is 0. The standard InChI is InChI=1S/C17H13ClN4O/c18-13-6-5-7-14(12-13)21-17(23)22(15-8-1-3-10-19-15)16-9-2-4-11-20-16/h1-12H,(H,21,23). The normalized spacial score (nSPS) is 10.1. The second kappa shape index (κ2) is 6.89. The van der Waals surface area contributed by atoms with Crippen molar-refractivity contribution in [2.75, 3.05) is 10.2 Å². The first-order chi connectivity index (χ1) is 11.2. The van der Waals surface area contributed by atoms with Gasteiger partial charge in [0, 0.05) is 23.1 Å². The highest BCUT2D eigenvalue weighted by Crippen LogP contribution is 2.23. The Morgan fingerprint density at radius 1 is 0.913 bits per heavy atom. The summed E-state index contributed by atoms with van der Waals surface area (Å²) in [6, 6.07) is 17.3. The second-order valence-corrected chi connectivity index (χ2v) is 5.09. The Balaban J connectivity index is 1.94. The van der Waals surface area contributed by atoms with Crippen LogP contribution in [0.1, 0.15) is 0 Å². The summed E-state index contributed by atoms with van der Waals surface area (Å²) in [5.41, 5.74) is 0.597. The zero-order chi connectivity index (χ0) is 16.1. The third-order valence-electron chi connectivity index (χ3n) is 3.04. The Hall–Kier alpha value is -2.92. The number of hydrogen-bond donors (Lipinski definition) is 1. The summed E-state index contributed by atoms with van der Waals surface area (Å²) in [5, 5.41) is 3.35. The molecule has 2 heterocycles. The lowest BCUT2D eigenvalue weighted by molar-refractivity contribution is 0.258. The molecule has 2 amide bonds. The molecule has 3 aromatic rings. The minimum absolute atomic E-state index is 0.371. The average molecular weight is 325 g/mol. The van der Waals surface area contributed by atoms with Crippen molar-refractivity contribution in [3.05, 3.63) is 78.1 Å². The summed E-state index contributed by atoms with van der Waals surface area (Å²) < 4.78 is 0. The van der Waals surface area contributed by atoms with Crippen molar-refractivity contribution in [2.24, 2.45) is 0 Å². The highest BCUT2D eigenvalue weighted by Gasteiger charge is 2.20. The van der Waals surface area contributed by atoms with Gasteiger partial charge in [-0.05, 0) is 42.5 Å². The molecule has 5 nitrogen and oxygen atoms in total. The molecule has 0 aliphatic rings. The summed E-state index contributed by atoms with van der Waals surface area (Å²) in [5.74, 6) is 0.955. The third kappa shape index (κ3) is 3.64. The molecule has 0 saturated heterocycles. The predicted octanol–water partition coefficient (Wildman–Crippen LogP) is 4.50. The summed E-state index contributed by atoms with van der Waals surface area (Å²) in [4.78, 5) is 22.6. The third-order valence-corrected chi connectivity index (χ3v) is 3.27. The van der Waals surface area contributed by atoms with Crippen molar-refractivity contribution >= 4 is 35.0 Å². The Morgan fingerprint density at radius 2 is 1.57 bits per heavy atom. The molecule has 1 N–H and O–H groups in total. The van der Waals surface area contributed by atoms with Gasteiger partial charge in [-0.25, -0.2) is 19.7 Å². The molecule has 0 saturated carbocycles. The van der Waals surface area contributed by atoms with Crippen molar-refractivity contribution in [1.82, 2.24) is 9.97 Å². The first kappa shape index (κ1) is 15.0. The molecular formula is C17H13ClN4O. The number of hydrogen-bond acceptors (Lipinski definition) is 3. The molecule has 114 valence electrons. The number of rotatable bonds is 3. The van der Waals surface area contributed by atoms with Crippen molar-refractivity contribution in [3.8, 4) is 0 Å². The Labute approximate surface area is 138 Å². The highest BCUT2D eigenvalue weighted by atomic mass is 35.5. The van der Waals surface area contributed by atoms with Crippen LogP contribution in [0.25, 0.3) is 0 Å². The lowest BCUT2D eigenvalue weighted by Crippen LogP contribution is -2.32. The van der Waals surface area contributed by atoms with E-state index in [1.807, 2.05) is 12.1 Å². The molecule has 0 unspecified atom stereocenters. The van der Waals surface area contributed by atoms with Gasteiger partial charge in [0.25, 0.3) is 0 Å². The quantitative estimate of drug-likeness (QED) is 0.771. The number of carbonyl (C=O) groups excluding carboxylic acids is 1. The van der Waals surface area contributed by atoms with Gasteiger partial charge < -0.3 is 5.32 Å². The van der Waals surface area contributed by atoms with Crippen molar-refractivity contribution in [1.29, 1.82) is 0 Å². The summed E-state index contributed by atoms with van der Waals surface area (Å²) in [6.07, 6.45) is 3.25. The van der Waals surface area contributed by atoms with Crippen LogP contribution in [0.2, 0.25) is 5.02 Å². The van der Waals surface area contributed by atoms with E-state index < -0.39 is 0 Å². The van der Waals surface area contributed by atoms with E-state index >= 15 is 0 Å². The van der Waals surface area contributed by atoms with Crippen LogP contribution in [-0.2, 0) is 0 Å². The van der Waals surface area contributed by atoms with E-state index in [1.165, 1.54) is 4.90 Å². The number of aromatic nitrogens is 2. The maximum absolute atomic E-state index is 12.7. The zero-order valence-corrected chi connectivity index (χ0v) is 12.8. The maximum Gasteiger partial charge on any atom is 0.333 e. The largest absolute Gasteiger partial charge is 0.333 e. The first-order valence-corrected chi connectivity index (χ1v) is 7.30. The van der Waals surface area contributed by atoms with Gasteiger partial charge in [0.05, 0.1) is 0 Å². The average Bonchev–Trinajstić information content (AvgIpc) is 2.57. The van der Waals surface area contributed by atoms with Gasteiger partial charge in [0.1, 0.15) is 11.6 Å². The SMILES string of the molecule is O=C(Nc1cccc(Cl)c1)N(c1ccccn1)c1ccccn1. The molecular weight excluding hydrogens is 312 g/mol. The van der Waals surface area contributed by atoms with Crippen LogP contribution < -0.4 is 10.2 Å². The fourth-order valence-corrected chi connectivity index (χ4v) is 2.23. The Bertz CT molecular complexity index is 756. The molecule has 0 aliphatic heterocycles. The number of benzene rings is 1. The van der Waals surface area contributed by atoms with Gasteiger partial charge in [0.15, 0.2) is 0 Å². The van der Waals surface area contributed by atoms with Gasteiger partial charge in [-0.1, -0.05) is 29.8 Å². The van der Waals surface area contributed by atoms with Crippen LogP contribution in [0.15, 0.2) is 73.1 Å². The molecule has 23 heavy (non-hydrogen) atoms. The molecule has 6 heteroatoms. The molecule has 0 spiro atoms. The van der Waals surface area contributed by atoms with E-state index in [2.05, 4.69) is 15.3 Å². The van der Waals surface area contributed by atoms with Crippen LogP contribution in [0.3, 0.4) is 0 Å². The summed E-state index contributed by atoms with van der Waals surface area (Å²) >= 11 is 5.95. The van der Waals surface area contributed by atoms with Crippen molar-refractivity contribution in [3.63, 3.8) is 0 Å². The molecule has 2 aromatic heterocycles. The summed E-state index contributed by atoms with van der Waals surface area (Å²) in [7, 11) is 0. The van der Waals surface area contributed by atoms with Crippen LogP contribution >= 0.6 is 11.6 Å². The number of urea groups is 1. The molecule has 0 radical (unpaired) electrons. The van der Waals surface area contributed by atoms with Gasteiger partial charge in [-0.3, -0.25) is 0 Å². The van der Waals surface area contributed by atoms with Gasteiger partial charge >= 0.3 is 6.03 Å². The van der Waals surface area contributed by atoms with Crippen molar-refractivity contribution in [2.45, 2.75) is 0 Å². The zero-order valence-electron chi connectivity index (χ0n) is 12.1. The lowest BCUT2D eigenvalue weighted by Gasteiger charge is -2.21. The predicted molar refractivity (Wildman–Crippen MR) is 91.1 cm³/mol. The number of anilines is 3. The molecule has 3 rings (SSSR count). The van der Waals surface area contributed by atoms with Crippen LogP contribution in [0.5, 0.6) is 0 Å². The first-order valence-electron chi connectivity index (χ1n) is 6.93. The van der Waals surface area contributed by atoms with Crippen LogP contribution in [-0.4, -0.2) is 16.0 Å². The number of pyridine rings is 2. The van der Waals surface area contributed by atoms with Crippen LogP contribution in [0.4, 0.5) is 22.1 Å². The number of carbonyl (C=O) groups is 1. The van der Waals surface area contributed by atoms with Crippen LogP contribution in [0, 0.1) is 0 Å². The van der Waals surface area contributed by atoms with E-state index in [1.54, 1.807) is 60.9 Å². The van der Waals surface area contributed by atoms with E-state index in [0.29, 0.717) is 22.3 Å². The van der Waals surface area contributed by atoms with Gasteiger partial charge in [-0.2, -0.15) is 0 Å². The lowest BCUT2D eigenvalue weighted by atomic mass is 10.3. The molecule has 0 atom stereocenters. The molecule has 0 fully saturated rings. The number of nitrogens with zero attached hydrogens (tertiary/aromatic N) is 3. The molecule has 0 aliphatic carbocycles. The minimum Gasteiger partial charge on any atom is -0.307 e. The second-order valence-electron chi connectivity index (χ2n) is 4.65. The maximum atomic E-state index is 12.7. The number of nitrogens with one attached hydrogen (secondary N) is 1. The highest BCUT2D eigenvalue weighted by molar-refractivity contribution is 6.31. The molecule has 1 aromatic carbocycles. The summed E-state index contributed by atoms with van der Waals surface area (Å²) in [6.45, 7) is 0. The molecule has 0 bridgehead atoms. The van der Waals surface area contributed by atoms with Gasteiger partial charge in [-0.15, -0.1) is 0 Å². The number of amides is 2. The van der Waals surface area contributed by atoms with E-state index in [0.717, 1.165) is 0 Å². The van der Waals surface area contributed by atoms with E-state index in [-0.39, 0.29) is 6.03 Å². The fourth-order valence-electron chi connectivity index (χ4n) is 2.04. The van der Waals surface area contributed by atoms with E-state index in [9.17, 15) is 4.79 Å². The Morgan fingerprint density at radius 3 is 2.09 bits per heavy atom. The monoisotopic (exact) mass is 324 g/mol. The van der Waals surface area contributed by atoms with E-state index in [4.69, 9.17) is 11.6 Å². The topological polar surface area (TPSA) is 58.1 Å². The Kier molecular flexibility index (Phi) is 4.49. The smallest absolute Gasteiger partial charge is 0.307 e. The number of halogens is 1. The van der Waals surface area contributed by atoms with Gasteiger partial charge in [0.2, 0.25) is 0 Å². The minimum atomic E-state index is -0.371.